The van der Waals surface area contributed by atoms with E-state index in [1.54, 1.807) is 0 Å². The number of rotatable bonds is 2. The molecule has 140 valence electrons. The first-order valence-electron chi connectivity index (χ1n) is 10.6. The lowest BCUT2D eigenvalue weighted by Gasteiger charge is -2.57. The largest absolute Gasteiger partial charge is 0.397 e. The highest BCUT2D eigenvalue weighted by atomic mass is 15.3. The van der Waals surface area contributed by atoms with Gasteiger partial charge in [-0.2, -0.15) is 0 Å². The Morgan fingerprint density at radius 3 is 2.37 bits per heavy atom. The Kier molecular flexibility index (Phi) is 3.16. The number of benzene rings is 2. The fraction of sp³-hybridized carbons (Fsp3) is 0.522. The molecule has 5 aliphatic rings. The van der Waals surface area contributed by atoms with E-state index in [9.17, 15) is 0 Å². The van der Waals surface area contributed by atoms with Crippen molar-refractivity contribution < 1.29 is 0 Å². The highest BCUT2D eigenvalue weighted by molar-refractivity contribution is 6.05. The lowest BCUT2D eigenvalue weighted by atomic mass is 9.54. The van der Waals surface area contributed by atoms with E-state index < -0.39 is 0 Å². The predicted octanol–water partition coefficient (Wildman–Crippen LogP) is 4.05. The average Bonchev–Trinajstić information content (AvgIpc) is 3.04. The number of nitrogen functional groups attached to an aromatic ring is 1. The van der Waals surface area contributed by atoms with Crippen molar-refractivity contribution in [1.82, 2.24) is 0 Å². The summed E-state index contributed by atoms with van der Waals surface area (Å²) in [6, 6.07) is 9.00. The molecule has 0 heterocycles. The van der Waals surface area contributed by atoms with Gasteiger partial charge in [-0.3, -0.25) is 5.41 Å². The van der Waals surface area contributed by atoms with E-state index in [0.717, 1.165) is 36.1 Å². The van der Waals surface area contributed by atoms with Gasteiger partial charge in [-0.25, -0.2) is 0 Å². The summed E-state index contributed by atoms with van der Waals surface area (Å²) in [7, 11) is 0. The second-order valence-electron chi connectivity index (χ2n) is 9.48. The molecular weight excluding hydrogens is 332 g/mol. The third-order valence-corrected chi connectivity index (χ3v) is 7.97. The Morgan fingerprint density at radius 1 is 1.00 bits per heavy atom. The molecule has 0 atom stereocenters. The first kappa shape index (κ1) is 15.8. The van der Waals surface area contributed by atoms with Gasteiger partial charge in [0.05, 0.1) is 11.4 Å². The van der Waals surface area contributed by atoms with E-state index >= 15 is 0 Å². The Hall–Kier alpha value is -2.23. The lowest BCUT2D eigenvalue weighted by molar-refractivity contribution is 0.00129. The van der Waals surface area contributed by atoms with Gasteiger partial charge in [0.1, 0.15) is 0 Å². The minimum absolute atomic E-state index is 0.180. The van der Waals surface area contributed by atoms with E-state index in [1.165, 1.54) is 54.0 Å². The molecule has 5 aliphatic carbocycles. The minimum atomic E-state index is 0.180. The number of nitrogens with one attached hydrogen (secondary N) is 1. The van der Waals surface area contributed by atoms with E-state index in [0.29, 0.717) is 17.9 Å². The molecule has 7 rings (SSSR count). The van der Waals surface area contributed by atoms with Crippen molar-refractivity contribution in [3.05, 3.63) is 35.4 Å². The SMILES string of the molecule is N=C(N)N(c1c(N)cc2cccc3c2c1CC3)C1C2CC3CC(C2)CC1C3. The first-order chi connectivity index (χ1) is 13.1. The molecule has 4 saturated carbocycles. The van der Waals surface area contributed by atoms with E-state index in [4.69, 9.17) is 16.9 Å². The highest BCUT2D eigenvalue weighted by Gasteiger charge is 2.51. The maximum absolute atomic E-state index is 8.51. The van der Waals surface area contributed by atoms with Crippen LogP contribution in [0.3, 0.4) is 0 Å². The molecule has 4 bridgehead atoms. The summed E-state index contributed by atoms with van der Waals surface area (Å²) in [6.45, 7) is 0. The number of anilines is 2. The van der Waals surface area contributed by atoms with E-state index in [2.05, 4.69) is 29.2 Å². The van der Waals surface area contributed by atoms with Crippen molar-refractivity contribution in [3.63, 3.8) is 0 Å². The lowest BCUT2D eigenvalue weighted by Crippen LogP contribution is -2.59. The zero-order valence-electron chi connectivity index (χ0n) is 15.7. The Labute approximate surface area is 160 Å². The monoisotopic (exact) mass is 360 g/mol. The standard InChI is InChI=1S/C23H28N4/c24-19-11-15-3-1-2-14-4-5-18(20(14)15)22(19)27(23(25)26)21-16-7-12-6-13(9-16)10-17(21)8-12/h1-3,11-13,16-17,21H,4-10,24H2,(H3,25,26). The molecule has 0 aromatic heterocycles. The third-order valence-electron chi connectivity index (χ3n) is 7.97. The topological polar surface area (TPSA) is 79.1 Å². The summed E-state index contributed by atoms with van der Waals surface area (Å²) < 4.78 is 0. The van der Waals surface area contributed by atoms with Crippen LogP contribution in [-0.2, 0) is 12.8 Å². The number of hydrogen-bond acceptors (Lipinski definition) is 2. The molecule has 0 radical (unpaired) electrons. The quantitative estimate of drug-likeness (QED) is 0.429. The van der Waals surface area contributed by atoms with Gasteiger partial charge in [-0.1, -0.05) is 18.2 Å². The zero-order valence-corrected chi connectivity index (χ0v) is 15.7. The van der Waals surface area contributed by atoms with E-state index in [1.807, 2.05) is 0 Å². The van der Waals surface area contributed by atoms with Crippen LogP contribution in [0.15, 0.2) is 24.3 Å². The van der Waals surface area contributed by atoms with Crippen LogP contribution < -0.4 is 16.4 Å². The summed E-state index contributed by atoms with van der Waals surface area (Å²) in [6.07, 6.45) is 8.77. The molecule has 27 heavy (non-hydrogen) atoms. The fourth-order valence-corrected chi connectivity index (χ4v) is 7.38. The van der Waals surface area contributed by atoms with Crippen LogP contribution in [0.5, 0.6) is 0 Å². The normalized spacial score (nSPS) is 33.0. The van der Waals surface area contributed by atoms with Crippen LogP contribution in [-0.4, -0.2) is 12.0 Å². The number of nitrogens with two attached hydrogens (primary N) is 2. The molecule has 0 saturated heterocycles. The second-order valence-corrected chi connectivity index (χ2v) is 9.48. The molecule has 0 amide bonds. The van der Waals surface area contributed by atoms with Gasteiger partial charge in [-0.15, -0.1) is 0 Å². The van der Waals surface area contributed by atoms with Crippen molar-refractivity contribution in [2.45, 2.75) is 51.0 Å². The van der Waals surface area contributed by atoms with Crippen molar-refractivity contribution >= 4 is 28.1 Å². The van der Waals surface area contributed by atoms with Gasteiger partial charge in [0.25, 0.3) is 0 Å². The summed E-state index contributed by atoms with van der Waals surface area (Å²) in [4.78, 5) is 2.17. The smallest absolute Gasteiger partial charge is 0.193 e. The summed E-state index contributed by atoms with van der Waals surface area (Å²) >= 11 is 0. The molecular formula is C23H28N4. The molecule has 5 N–H and O–H groups in total. The van der Waals surface area contributed by atoms with Gasteiger partial charge in [0.15, 0.2) is 5.96 Å². The summed E-state index contributed by atoms with van der Waals surface area (Å²) in [5.74, 6) is 3.34. The second kappa shape index (κ2) is 5.40. The number of guanidine groups is 1. The van der Waals surface area contributed by atoms with Crippen LogP contribution in [0, 0.1) is 29.1 Å². The highest BCUT2D eigenvalue weighted by Crippen LogP contribution is 2.56. The first-order valence-corrected chi connectivity index (χ1v) is 10.6. The molecule has 2 aromatic rings. The van der Waals surface area contributed by atoms with Gasteiger partial charge >= 0.3 is 0 Å². The number of hydrogen-bond donors (Lipinski definition) is 3. The van der Waals surface area contributed by atoms with Crippen molar-refractivity contribution in [2.24, 2.45) is 29.4 Å². The number of nitrogens with zero attached hydrogens (tertiary/aromatic N) is 1. The van der Waals surface area contributed by atoms with Gasteiger partial charge in [-0.05, 0) is 96.6 Å². The molecule has 4 heteroatoms. The maximum atomic E-state index is 8.51. The molecule has 0 spiro atoms. The fourth-order valence-electron chi connectivity index (χ4n) is 7.38. The number of aryl methyl sites for hydroxylation is 2. The van der Waals surface area contributed by atoms with Crippen molar-refractivity contribution in [3.8, 4) is 0 Å². The molecule has 0 unspecified atom stereocenters. The Balaban J connectivity index is 1.53. The third kappa shape index (κ3) is 2.13. The summed E-state index contributed by atoms with van der Waals surface area (Å²) in [5.41, 5.74) is 17.5. The molecule has 4 nitrogen and oxygen atoms in total. The molecule has 2 aromatic carbocycles. The van der Waals surface area contributed by atoms with Crippen molar-refractivity contribution in [1.29, 1.82) is 5.41 Å². The predicted molar refractivity (Wildman–Crippen MR) is 111 cm³/mol. The van der Waals surface area contributed by atoms with Crippen LogP contribution in [0.25, 0.3) is 10.8 Å². The molecule has 0 aliphatic heterocycles. The maximum Gasteiger partial charge on any atom is 0.193 e. The van der Waals surface area contributed by atoms with Crippen LogP contribution >= 0.6 is 0 Å². The van der Waals surface area contributed by atoms with Crippen LogP contribution in [0.4, 0.5) is 11.4 Å². The Bertz CT molecular complexity index is 934. The zero-order chi connectivity index (χ0) is 18.3. The molecule has 4 fully saturated rings. The average molecular weight is 361 g/mol. The van der Waals surface area contributed by atoms with E-state index in [-0.39, 0.29) is 5.96 Å². The van der Waals surface area contributed by atoms with Crippen LogP contribution in [0.1, 0.15) is 43.2 Å². The van der Waals surface area contributed by atoms with Crippen molar-refractivity contribution in [2.75, 3.05) is 10.6 Å². The van der Waals surface area contributed by atoms with Gasteiger partial charge < -0.3 is 16.4 Å². The minimum Gasteiger partial charge on any atom is -0.397 e. The summed E-state index contributed by atoms with van der Waals surface area (Å²) in [5, 5.41) is 11.1. The van der Waals surface area contributed by atoms with Crippen LogP contribution in [0.2, 0.25) is 0 Å². The Morgan fingerprint density at radius 2 is 1.70 bits per heavy atom. The van der Waals surface area contributed by atoms with Gasteiger partial charge in [0, 0.05) is 6.04 Å². The van der Waals surface area contributed by atoms with Gasteiger partial charge in [0.2, 0.25) is 0 Å².